The lowest BCUT2D eigenvalue weighted by Crippen LogP contribution is -2.24. The van der Waals surface area contributed by atoms with Crippen molar-refractivity contribution >= 4 is 11.8 Å². The first-order valence-corrected chi connectivity index (χ1v) is 8.40. The minimum absolute atomic E-state index is 0.849. The van der Waals surface area contributed by atoms with Gasteiger partial charge in [-0.05, 0) is 34.9 Å². The maximum Gasteiger partial charge on any atom is 0.134 e. The van der Waals surface area contributed by atoms with E-state index in [9.17, 15) is 5.11 Å². The summed E-state index contributed by atoms with van der Waals surface area (Å²) in [6.07, 6.45) is 3.84. The van der Waals surface area contributed by atoms with Gasteiger partial charge in [0, 0.05) is 19.8 Å². The molecule has 0 aliphatic rings. The number of hydrogen-bond donors (Lipinski definition) is 1. The van der Waals surface area contributed by atoms with Gasteiger partial charge in [-0.3, -0.25) is 0 Å². The van der Waals surface area contributed by atoms with Gasteiger partial charge < -0.3 is 10.0 Å². The summed E-state index contributed by atoms with van der Waals surface area (Å²) in [7, 11) is 4.04. The van der Waals surface area contributed by atoms with Gasteiger partial charge >= 0.3 is 0 Å². The summed E-state index contributed by atoms with van der Waals surface area (Å²) in [6.45, 7) is 0. The van der Waals surface area contributed by atoms with Crippen LogP contribution >= 0.6 is 0 Å². The van der Waals surface area contributed by atoms with Gasteiger partial charge in [0.05, 0.1) is 0 Å². The van der Waals surface area contributed by atoms with Crippen molar-refractivity contribution in [2.24, 2.45) is 0 Å². The van der Waals surface area contributed by atoms with Gasteiger partial charge in [-0.2, -0.15) is 0 Å². The highest BCUT2D eigenvalue weighted by Crippen LogP contribution is 2.31. The van der Waals surface area contributed by atoms with E-state index in [1.807, 2.05) is 86.9 Å². The maximum atomic E-state index is 11.5. The number of rotatable bonds is 5. The highest BCUT2D eigenvalue weighted by molar-refractivity contribution is 5.58. The maximum absolute atomic E-state index is 11.5. The quantitative estimate of drug-likeness (QED) is 0.733. The molecule has 0 spiro atoms. The zero-order valence-corrected chi connectivity index (χ0v) is 14.6. The molecule has 0 aromatic heterocycles. The summed E-state index contributed by atoms with van der Waals surface area (Å²) in [5, 5.41) is 11.5. The molecule has 1 N–H and O–H groups in total. The molecule has 3 rings (SSSR count). The summed E-state index contributed by atoms with van der Waals surface area (Å²) < 4.78 is 0. The first kappa shape index (κ1) is 17.0. The summed E-state index contributed by atoms with van der Waals surface area (Å²) in [4.78, 5) is 2.07. The average Bonchev–Trinajstić information content (AvgIpc) is 2.68. The fourth-order valence-corrected chi connectivity index (χ4v) is 2.84. The lowest BCUT2D eigenvalue weighted by atomic mass is 9.85. The van der Waals surface area contributed by atoms with E-state index in [4.69, 9.17) is 0 Å². The third-order valence-corrected chi connectivity index (χ3v) is 4.35. The molecule has 0 bridgehead atoms. The van der Waals surface area contributed by atoms with E-state index >= 15 is 0 Å². The average molecular weight is 329 g/mol. The van der Waals surface area contributed by atoms with Crippen LogP contribution in [0.2, 0.25) is 0 Å². The molecule has 0 aliphatic heterocycles. The molecule has 2 heteroatoms. The van der Waals surface area contributed by atoms with Crippen molar-refractivity contribution in [1.29, 1.82) is 0 Å². The predicted octanol–water partition coefficient (Wildman–Crippen LogP) is 4.70. The molecule has 2 nitrogen and oxygen atoms in total. The molecular formula is C23H23NO. The van der Waals surface area contributed by atoms with Crippen LogP contribution in [0.15, 0.2) is 91.0 Å². The van der Waals surface area contributed by atoms with Gasteiger partial charge in [0.25, 0.3) is 0 Å². The zero-order chi connectivity index (χ0) is 17.7. The Morgan fingerprint density at radius 2 is 1.20 bits per heavy atom. The Bertz CT molecular complexity index is 781. The lowest BCUT2D eigenvalue weighted by molar-refractivity contribution is 0.135. The first-order valence-electron chi connectivity index (χ1n) is 8.40. The molecule has 3 aromatic carbocycles. The summed E-state index contributed by atoms with van der Waals surface area (Å²) in [5.41, 5.74) is 2.74. The van der Waals surface area contributed by atoms with Crippen LogP contribution in [-0.2, 0) is 5.60 Å². The standard InChI is InChI=1S/C23H23NO/c1-24(2)22-15-13-19(14-16-22)17-18-23(25,20-9-5-3-6-10-20)21-11-7-4-8-12-21/h3-18,25H,1-2H3. The van der Waals surface area contributed by atoms with Gasteiger partial charge in [-0.25, -0.2) is 0 Å². The van der Waals surface area contributed by atoms with E-state index < -0.39 is 5.60 Å². The topological polar surface area (TPSA) is 23.5 Å². The van der Waals surface area contributed by atoms with E-state index in [-0.39, 0.29) is 0 Å². The molecule has 0 aliphatic carbocycles. The van der Waals surface area contributed by atoms with E-state index in [1.165, 1.54) is 0 Å². The third-order valence-electron chi connectivity index (χ3n) is 4.35. The normalized spacial score (nSPS) is 11.6. The van der Waals surface area contributed by atoms with Crippen molar-refractivity contribution in [2.45, 2.75) is 5.60 Å². The van der Waals surface area contributed by atoms with Crippen LogP contribution in [0, 0.1) is 0 Å². The lowest BCUT2D eigenvalue weighted by Gasteiger charge is -2.26. The molecule has 0 heterocycles. The Morgan fingerprint density at radius 3 is 1.64 bits per heavy atom. The molecule has 0 unspecified atom stereocenters. The van der Waals surface area contributed by atoms with Crippen molar-refractivity contribution in [3.8, 4) is 0 Å². The van der Waals surface area contributed by atoms with Crippen molar-refractivity contribution in [3.63, 3.8) is 0 Å². The van der Waals surface area contributed by atoms with Gasteiger partial charge in [-0.15, -0.1) is 0 Å². The minimum atomic E-state index is -1.16. The number of hydrogen-bond acceptors (Lipinski definition) is 2. The molecular weight excluding hydrogens is 306 g/mol. The predicted molar refractivity (Wildman–Crippen MR) is 106 cm³/mol. The van der Waals surface area contributed by atoms with Gasteiger partial charge in [-0.1, -0.05) is 78.9 Å². The van der Waals surface area contributed by atoms with Gasteiger partial charge in [0.15, 0.2) is 0 Å². The van der Waals surface area contributed by atoms with E-state index in [1.54, 1.807) is 0 Å². The Hall–Kier alpha value is -2.84. The Balaban J connectivity index is 1.98. The van der Waals surface area contributed by atoms with Crippen LogP contribution in [-0.4, -0.2) is 19.2 Å². The highest BCUT2D eigenvalue weighted by atomic mass is 16.3. The molecule has 0 saturated heterocycles. The molecule has 0 saturated carbocycles. The van der Waals surface area contributed by atoms with E-state index in [0.29, 0.717) is 0 Å². The van der Waals surface area contributed by atoms with Gasteiger partial charge in [0.2, 0.25) is 0 Å². The van der Waals surface area contributed by atoms with Crippen LogP contribution < -0.4 is 4.90 Å². The van der Waals surface area contributed by atoms with Crippen LogP contribution in [0.3, 0.4) is 0 Å². The van der Waals surface area contributed by atoms with E-state index in [0.717, 1.165) is 22.4 Å². The highest BCUT2D eigenvalue weighted by Gasteiger charge is 2.28. The number of anilines is 1. The first-order chi connectivity index (χ1) is 12.1. The molecule has 0 fully saturated rings. The van der Waals surface area contributed by atoms with Crippen LogP contribution in [0.1, 0.15) is 16.7 Å². The summed E-state index contributed by atoms with van der Waals surface area (Å²) >= 11 is 0. The van der Waals surface area contributed by atoms with Crippen LogP contribution in [0.25, 0.3) is 6.08 Å². The van der Waals surface area contributed by atoms with Gasteiger partial charge in [0.1, 0.15) is 5.60 Å². The molecule has 0 radical (unpaired) electrons. The number of benzene rings is 3. The Kier molecular flexibility index (Phi) is 5.01. The fraction of sp³-hybridized carbons (Fsp3) is 0.130. The molecule has 0 atom stereocenters. The van der Waals surface area contributed by atoms with Crippen LogP contribution in [0.4, 0.5) is 5.69 Å². The fourth-order valence-electron chi connectivity index (χ4n) is 2.84. The number of nitrogens with zero attached hydrogens (tertiary/aromatic N) is 1. The number of aliphatic hydroxyl groups is 1. The SMILES string of the molecule is CN(C)c1ccc(C=CC(O)(c2ccccc2)c2ccccc2)cc1. The molecule has 126 valence electrons. The smallest absolute Gasteiger partial charge is 0.134 e. The largest absolute Gasteiger partial charge is 0.378 e. The minimum Gasteiger partial charge on any atom is -0.378 e. The molecule has 0 amide bonds. The Morgan fingerprint density at radius 1 is 0.720 bits per heavy atom. The van der Waals surface area contributed by atoms with E-state index in [2.05, 4.69) is 29.2 Å². The third kappa shape index (κ3) is 3.81. The monoisotopic (exact) mass is 329 g/mol. The Labute approximate surface area is 149 Å². The van der Waals surface area contributed by atoms with Crippen molar-refractivity contribution in [3.05, 3.63) is 108 Å². The van der Waals surface area contributed by atoms with Crippen LogP contribution in [0.5, 0.6) is 0 Å². The second-order valence-corrected chi connectivity index (χ2v) is 6.32. The molecule has 3 aromatic rings. The second-order valence-electron chi connectivity index (χ2n) is 6.32. The zero-order valence-electron chi connectivity index (χ0n) is 14.6. The van der Waals surface area contributed by atoms with Crippen molar-refractivity contribution in [2.75, 3.05) is 19.0 Å². The molecule has 25 heavy (non-hydrogen) atoms. The summed E-state index contributed by atoms with van der Waals surface area (Å²) in [6, 6.07) is 27.8. The van der Waals surface area contributed by atoms with Crippen molar-refractivity contribution < 1.29 is 5.11 Å². The second kappa shape index (κ2) is 7.37. The summed E-state index contributed by atoms with van der Waals surface area (Å²) in [5.74, 6) is 0. The van der Waals surface area contributed by atoms with Crippen molar-refractivity contribution in [1.82, 2.24) is 0 Å².